The van der Waals surface area contributed by atoms with Gasteiger partial charge in [0, 0.05) is 33.5 Å². The molecular weight excluding hydrogens is 342 g/mol. The molecule has 3 aromatic rings. The van der Waals surface area contributed by atoms with Crippen molar-refractivity contribution in [1.29, 1.82) is 0 Å². The molecule has 0 saturated heterocycles. The smallest absolute Gasteiger partial charge is 0.164 e. The van der Waals surface area contributed by atoms with Crippen LogP contribution in [-0.2, 0) is 6.42 Å². The van der Waals surface area contributed by atoms with Gasteiger partial charge in [-0.05, 0) is 48.2 Å². The number of aromatic nitrogens is 1. The number of hydrogen-bond donors (Lipinski definition) is 1. The number of Topliss-reactive ketones (excluding diaryl/α,β-unsaturated/α-hetero) is 1. The number of carbonyl (C=O) groups is 1. The molecule has 0 fully saturated rings. The van der Waals surface area contributed by atoms with Crippen LogP contribution in [0.3, 0.4) is 0 Å². The summed E-state index contributed by atoms with van der Waals surface area (Å²) in [4.78, 5) is 19.3. The van der Waals surface area contributed by atoms with E-state index in [4.69, 9.17) is 0 Å². The van der Waals surface area contributed by atoms with Gasteiger partial charge in [0.2, 0.25) is 0 Å². The maximum Gasteiger partial charge on any atom is 0.164 e. The van der Waals surface area contributed by atoms with Crippen LogP contribution >= 0.6 is 11.8 Å². The third kappa shape index (κ3) is 3.13. The van der Waals surface area contributed by atoms with E-state index in [1.54, 1.807) is 30.1 Å². The average Bonchev–Trinajstić information content (AvgIpc) is 2.63. The van der Waals surface area contributed by atoms with Crippen molar-refractivity contribution < 1.29 is 9.90 Å². The minimum atomic E-state index is 0.142. The second-order valence-electron chi connectivity index (χ2n) is 6.69. The summed E-state index contributed by atoms with van der Waals surface area (Å²) in [5.74, 6) is 0.606. The lowest BCUT2D eigenvalue weighted by atomic mass is 9.81. The van der Waals surface area contributed by atoms with Gasteiger partial charge in [-0.25, -0.2) is 0 Å². The molecule has 1 aliphatic carbocycles. The number of pyridine rings is 1. The molecule has 1 aliphatic rings. The Balaban J connectivity index is 1.88. The molecule has 2 aromatic carbocycles. The Labute approximate surface area is 157 Å². The van der Waals surface area contributed by atoms with Gasteiger partial charge in [0.15, 0.2) is 5.78 Å². The second kappa shape index (κ2) is 6.96. The zero-order valence-electron chi connectivity index (χ0n) is 14.5. The van der Waals surface area contributed by atoms with Crippen LogP contribution in [0.1, 0.15) is 29.3 Å². The first-order valence-corrected chi connectivity index (χ1v) is 9.51. The van der Waals surface area contributed by atoms with Crippen molar-refractivity contribution in [1.82, 2.24) is 4.98 Å². The van der Waals surface area contributed by atoms with Crippen molar-refractivity contribution in [2.24, 2.45) is 5.92 Å². The van der Waals surface area contributed by atoms with E-state index < -0.39 is 0 Å². The van der Waals surface area contributed by atoms with Crippen LogP contribution in [0.15, 0.2) is 70.6 Å². The molecule has 1 unspecified atom stereocenters. The molecule has 1 atom stereocenters. The lowest BCUT2D eigenvalue weighted by molar-refractivity contribution is 0.0950. The highest BCUT2D eigenvalue weighted by molar-refractivity contribution is 7.99. The molecule has 0 radical (unpaired) electrons. The molecule has 1 aromatic heterocycles. The number of fused-ring (bicyclic) bond motifs is 1. The molecular formula is C22H19NO2S. The Bertz CT molecular complexity index is 969. The van der Waals surface area contributed by atoms with Gasteiger partial charge >= 0.3 is 0 Å². The Morgan fingerprint density at radius 1 is 1.04 bits per heavy atom. The van der Waals surface area contributed by atoms with Gasteiger partial charge in [0.25, 0.3) is 0 Å². The lowest BCUT2D eigenvalue weighted by Gasteiger charge is -2.25. The van der Waals surface area contributed by atoms with Gasteiger partial charge in [-0.3, -0.25) is 9.78 Å². The maximum atomic E-state index is 12.9. The molecule has 0 amide bonds. The summed E-state index contributed by atoms with van der Waals surface area (Å²) in [6.07, 6.45) is 3.05. The Morgan fingerprint density at radius 3 is 2.62 bits per heavy atom. The predicted octanol–water partition coefficient (Wildman–Crippen LogP) is 5.37. The standard InChI is InChI=1S/C22H19NO2S/c1-14-12-17-16(22-18(24)8-5-11-23-22)9-10-20(21(17)19(25)13-14)26-15-6-3-2-4-7-15/h2-11,14,24H,12-13H2,1H3. The summed E-state index contributed by atoms with van der Waals surface area (Å²) < 4.78 is 0. The molecule has 1 heterocycles. The van der Waals surface area contributed by atoms with Crippen LogP contribution in [0.2, 0.25) is 0 Å². The molecule has 3 nitrogen and oxygen atoms in total. The van der Waals surface area contributed by atoms with Gasteiger partial charge in [0.1, 0.15) is 11.4 Å². The Kier molecular flexibility index (Phi) is 4.51. The van der Waals surface area contributed by atoms with Crippen LogP contribution < -0.4 is 0 Å². The number of benzene rings is 2. The number of carbonyl (C=O) groups excluding carboxylic acids is 1. The summed E-state index contributed by atoms with van der Waals surface area (Å²) in [6.45, 7) is 2.10. The molecule has 26 heavy (non-hydrogen) atoms. The fraction of sp³-hybridized carbons (Fsp3) is 0.182. The summed E-state index contributed by atoms with van der Waals surface area (Å²) in [5.41, 5.74) is 3.19. The fourth-order valence-electron chi connectivity index (χ4n) is 3.51. The SMILES string of the molecule is CC1CC(=O)c2c(Sc3ccccc3)ccc(-c3ncccc3O)c2C1. The lowest BCUT2D eigenvalue weighted by Crippen LogP contribution is -2.20. The summed E-state index contributed by atoms with van der Waals surface area (Å²) >= 11 is 1.61. The number of rotatable bonds is 3. The molecule has 4 rings (SSSR count). The van der Waals surface area contributed by atoms with Crippen molar-refractivity contribution in [2.45, 2.75) is 29.6 Å². The molecule has 1 N–H and O–H groups in total. The molecule has 0 saturated carbocycles. The Morgan fingerprint density at radius 2 is 1.85 bits per heavy atom. The van der Waals surface area contributed by atoms with Crippen molar-refractivity contribution >= 4 is 17.5 Å². The third-order valence-electron chi connectivity index (χ3n) is 4.65. The summed E-state index contributed by atoms with van der Waals surface area (Å²) in [7, 11) is 0. The maximum absolute atomic E-state index is 12.9. The first kappa shape index (κ1) is 16.9. The quantitative estimate of drug-likeness (QED) is 0.681. The van der Waals surface area contributed by atoms with Gasteiger partial charge in [-0.2, -0.15) is 0 Å². The highest BCUT2D eigenvalue weighted by atomic mass is 32.2. The summed E-state index contributed by atoms with van der Waals surface area (Å²) in [5, 5.41) is 10.2. The van der Waals surface area contributed by atoms with Crippen LogP contribution in [0.25, 0.3) is 11.3 Å². The van der Waals surface area contributed by atoms with E-state index >= 15 is 0 Å². The minimum Gasteiger partial charge on any atom is -0.506 e. The number of nitrogens with zero attached hydrogens (tertiary/aromatic N) is 1. The van der Waals surface area contributed by atoms with Crippen molar-refractivity contribution in [2.75, 3.05) is 0 Å². The Hall–Kier alpha value is -2.59. The van der Waals surface area contributed by atoms with Crippen molar-refractivity contribution in [3.8, 4) is 17.0 Å². The van der Waals surface area contributed by atoms with Crippen LogP contribution in [-0.4, -0.2) is 15.9 Å². The third-order valence-corrected chi connectivity index (χ3v) is 5.72. The molecule has 0 spiro atoms. The van der Waals surface area contributed by atoms with E-state index in [9.17, 15) is 9.90 Å². The number of ketones is 1. The van der Waals surface area contributed by atoms with Gasteiger partial charge in [-0.15, -0.1) is 0 Å². The normalized spacial score (nSPS) is 16.3. The van der Waals surface area contributed by atoms with Crippen LogP contribution in [0.5, 0.6) is 5.75 Å². The van der Waals surface area contributed by atoms with Gasteiger partial charge < -0.3 is 5.11 Å². The van der Waals surface area contributed by atoms with Crippen molar-refractivity contribution in [3.63, 3.8) is 0 Å². The molecule has 0 aliphatic heterocycles. The number of aromatic hydroxyl groups is 1. The first-order chi connectivity index (χ1) is 12.6. The highest BCUT2D eigenvalue weighted by Crippen LogP contribution is 2.42. The van der Waals surface area contributed by atoms with E-state index in [0.717, 1.165) is 32.9 Å². The highest BCUT2D eigenvalue weighted by Gasteiger charge is 2.29. The molecule has 4 heteroatoms. The van der Waals surface area contributed by atoms with Gasteiger partial charge in [0.05, 0.1) is 0 Å². The molecule has 130 valence electrons. The average molecular weight is 361 g/mol. The zero-order valence-corrected chi connectivity index (χ0v) is 15.3. The topological polar surface area (TPSA) is 50.2 Å². The van der Waals surface area contributed by atoms with Crippen molar-refractivity contribution in [3.05, 3.63) is 71.9 Å². The minimum absolute atomic E-state index is 0.142. The second-order valence-corrected chi connectivity index (χ2v) is 7.80. The van der Waals surface area contributed by atoms with Crippen LogP contribution in [0.4, 0.5) is 0 Å². The van der Waals surface area contributed by atoms with E-state index in [0.29, 0.717) is 12.1 Å². The van der Waals surface area contributed by atoms with Crippen LogP contribution in [0, 0.1) is 5.92 Å². The van der Waals surface area contributed by atoms with E-state index in [1.807, 2.05) is 42.5 Å². The van der Waals surface area contributed by atoms with E-state index in [1.165, 1.54) is 0 Å². The van der Waals surface area contributed by atoms with E-state index in [2.05, 4.69) is 11.9 Å². The fourth-order valence-corrected chi connectivity index (χ4v) is 4.53. The monoisotopic (exact) mass is 361 g/mol. The van der Waals surface area contributed by atoms with E-state index in [-0.39, 0.29) is 17.5 Å². The number of hydrogen-bond acceptors (Lipinski definition) is 4. The largest absolute Gasteiger partial charge is 0.506 e. The zero-order chi connectivity index (χ0) is 18.1. The predicted molar refractivity (Wildman–Crippen MR) is 104 cm³/mol. The van der Waals surface area contributed by atoms with Gasteiger partial charge in [-0.1, -0.05) is 43.0 Å². The first-order valence-electron chi connectivity index (χ1n) is 8.70. The molecule has 0 bridgehead atoms. The summed E-state index contributed by atoms with van der Waals surface area (Å²) in [6, 6.07) is 17.4.